The average Bonchev–Trinajstić information content (AvgIpc) is 2.87. The summed E-state index contributed by atoms with van der Waals surface area (Å²) in [4.78, 5) is 16.0. The van der Waals surface area contributed by atoms with E-state index in [0.29, 0.717) is 29.3 Å². The molecular formula is C15H14F2N2OS2. The molecular weight excluding hydrogens is 326 g/mol. The maximum absolute atomic E-state index is 12.2. The Bertz CT molecular complexity index is 694. The van der Waals surface area contributed by atoms with Gasteiger partial charge in [0.2, 0.25) is 12.3 Å². The van der Waals surface area contributed by atoms with Crippen LogP contribution in [0.1, 0.15) is 19.3 Å². The van der Waals surface area contributed by atoms with Crippen molar-refractivity contribution in [2.45, 2.75) is 30.0 Å². The zero-order chi connectivity index (χ0) is 15.9. The number of carbonyl (C=O) groups excluding carboxylic acids is 1. The van der Waals surface area contributed by atoms with Gasteiger partial charge in [0.05, 0.1) is 16.0 Å². The van der Waals surface area contributed by atoms with Crippen molar-refractivity contribution in [1.82, 2.24) is 4.98 Å². The number of alkyl halides is 2. The molecule has 1 aromatic carbocycles. The van der Waals surface area contributed by atoms with Crippen molar-refractivity contribution in [3.05, 3.63) is 18.2 Å². The summed E-state index contributed by atoms with van der Waals surface area (Å²) in [6.45, 7) is 0. The first kappa shape index (κ1) is 16.7. The molecule has 0 bridgehead atoms. The predicted octanol–water partition coefficient (Wildman–Crippen LogP) is 4.40. The van der Waals surface area contributed by atoms with Crippen LogP contribution in [0.15, 0.2) is 22.5 Å². The summed E-state index contributed by atoms with van der Waals surface area (Å²) in [5.41, 5.74) is 1.42. The number of fused-ring (bicyclic) bond motifs is 1. The zero-order valence-electron chi connectivity index (χ0n) is 11.6. The van der Waals surface area contributed by atoms with Crippen molar-refractivity contribution in [1.29, 1.82) is 0 Å². The van der Waals surface area contributed by atoms with Gasteiger partial charge in [0.15, 0.2) is 4.34 Å². The number of benzene rings is 1. The Morgan fingerprint density at radius 1 is 1.50 bits per heavy atom. The van der Waals surface area contributed by atoms with Crippen molar-refractivity contribution in [2.24, 2.45) is 0 Å². The number of nitrogens with zero attached hydrogens (tertiary/aromatic N) is 1. The topological polar surface area (TPSA) is 42.0 Å². The van der Waals surface area contributed by atoms with Gasteiger partial charge in [-0.25, -0.2) is 13.8 Å². The van der Waals surface area contributed by atoms with Gasteiger partial charge in [-0.2, -0.15) is 0 Å². The first-order chi connectivity index (χ1) is 10.6. The molecule has 1 aromatic heterocycles. The summed E-state index contributed by atoms with van der Waals surface area (Å²) in [6, 6.07) is 5.33. The van der Waals surface area contributed by atoms with E-state index < -0.39 is 6.43 Å². The lowest BCUT2D eigenvalue weighted by Crippen LogP contribution is -2.10. The molecule has 1 heterocycles. The second-order valence-electron chi connectivity index (χ2n) is 4.47. The van der Waals surface area contributed by atoms with E-state index in [2.05, 4.69) is 16.2 Å². The van der Waals surface area contributed by atoms with Crippen LogP contribution in [0.5, 0.6) is 0 Å². The van der Waals surface area contributed by atoms with E-state index >= 15 is 0 Å². The number of aromatic nitrogens is 1. The zero-order valence-corrected chi connectivity index (χ0v) is 13.3. The Hall–Kier alpha value is -1.65. The molecule has 0 aliphatic rings. The van der Waals surface area contributed by atoms with E-state index in [-0.39, 0.29) is 11.7 Å². The third-order valence-electron chi connectivity index (χ3n) is 2.71. The Balaban J connectivity index is 2.00. The summed E-state index contributed by atoms with van der Waals surface area (Å²) in [7, 11) is 0. The molecule has 22 heavy (non-hydrogen) atoms. The maximum atomic E-state index is 12.2. The number of nitrogens with one attached hydrogen (secondary N) is 1. The monoisotopic (exact) mass is 340 g/mol. The molecule has 7 heteroatoms. The van der Waals surface area contributed by atoms with E-state index in [4.69, 9.17) is 6.42 Å². The van der Waals surface area contributed by atoms with Gasteiger partial charge in [-0.05, 0) is 24.6 Å². The van der Waals surface area contributed by atoms with Crippen molar-refractivity contribution in [3.63, 3.8) is 0 Å². The highest BCUT2D eigenvalue weighted by Crippen LogP contribution is 2.31. The van der Waals surface area contributed by atoms with Crippen LogP contribution in [0.3, 0.4) is 0 Å². The number of terminal acetylenes is 1. The van der Waals surface area contributed by atoms with Gasteiger partial charge in [0.25, 0.3) is 0 Å². The lowest BCUT2D eigenvalue weighted by Gasteiger charge is -2.04. The number of rotatable bonds is 7. The largest absolute Gasteiger partial charge is 0.326 e. The van der Waals surface area contributed by atoms with E-state index in [1.165, 1.54) is 11.3 Å². The summed E-state index contributed by atoms with van der Waals surface area (Å²) < 4.78 is 25.9. The molecule has 0 fully saturated rings. The van der Waals surface area contributed by atoms with Gasteiger partial charge in [-0.1, -0.05) is 11.8 Å². The minimum absolute atomic E-state index is 0.0913. The fourth-order valence-electron chi connectivity index (χ4n) is 1.75. The lowest BCUT2D eigenvalue weighted by molar-refractivity contribution is -0.116. The van der Waals surface area contributed by atoms with Crippen molar-refractivity contribution >= 4 is 44.9 Å². The van der Waals surface area contributed by atoms with Crippen molar-refractivity contribution < 1.29 is 13.6 Å². The number of halogens is 2. The van der Waals surface area contributed by atoms with Crippen LogP contribution in [0.2, 0.25) is 0 Å². The molecule has 0 atom stereocenters. The first-order valence-corrected chi connectivity index (χ1v) is 8.43. The van der Waals surface area contributed by atoms with Gasteiger partial charge in [0, 0.05) is 18.5 Å². The standard InChI is InChI=1S/C15H14F2N2OS2/c1-2-3-4-5-14(20)18-10-6-7-11-12(8-10)22-15(19-11)21-9-13(16)17/h1,6-8,13H,3-5,9H2,(H,18,20). The third-order valence-corrected chi connectivity index (χ3v) is 4.88. The molecule has 0 unspecified atom stereocenters. The van der Waals surface area contributed by atoms with Gasteiger partial charge in [0.1, 0.15) is 0 Å². The normalized spacial score (nSPS) is 10.8. The van der Waals surface area contributed by atoms with Crippen LogP contribution >= 0.6 is 23.1 Å². The number of amides is 1. The van der Waals surface area contributed by atoms with Gasteiger partial charge >= 0.3 is 0 Å². The summed E-state index contributed by atoms with van der Waals surface area (Å²) in [5.74, 6) is 2.13. The quantitative estimate of drug-likeness (QED) is 0.462. The highest BCUT2D eigenvalue weighted by atomic mass is 32.2. The SMILES string of the molecule is C#CCCCC(=O)Nc1ccc2nc(SCC(F)F)sc2c1. The second-order valence-corrected chi connectivity index (χ2v) is 6.77. The Morgan fingerprint density at radius 3 is 3.05 bits per heavy atom. The summed E-state index contributed by atoms with van der Waals surface area (Å²) in [5, 5.41) is 2.80. The molecule has 1 N–H and O–H groups in total. The summed E-state index contributed by atoms with van der Waals surface area (Å²) >= 11 is 2.38. The third kappa shape index (κ3) is 4.97. The van der Waals surface area contributed by atoms with Gasteiger partial charge < -0.3 is 5.32 Å². The van der Waals surface area contributed by atoms with E-state index in [0.717, 1.165) is 22.0 Å². The molecule has 3 nitrogen and oxygen atoms in total. The maximum Gasteiger partial charge on any atom is 0.248 e. The molecule has 0 aliphatic heterocycles. The minimum atomic E-state index is -2.35. The first-order valence-electron chi connectivity index (χ1n) is 6.63. The number of thioether (sulfide) groups is 1. The number of carbonyl (C=O) groups is 1. The molecule has 2 aromatic rings. The number of anilines is 1. The molecule has 0 aliphatic carbocycles. The van der Waals surface area contributed by atoms with Crippen LogP contribution < -0.4 is 5.32 Å². The van der Waals surface area contributed by atoms with Crippen molar-refractivity contribution in [2.75, 3.05) is 11.1 Å². The highest BCUT2D eigenvalue weighted by molar-refractivity contribution is 8.01. The fraction of sp³-hybridized carbons (Fsp3) is 0.333. The molecule has 116 valence electrons. The average molecular weight is 340 g/mol. The smallest absolute Gasteiger partial charge is 0.248 e. The highest BCUT2D eigenvalue weighted by Gasteiger charge is 2.10. The predicted molar refractivity (Wildman–Crippen MR) is 87.7 cm³/mol. The Kier molecular flexibility index (Phi) is 6.16. The van der Waals surface area contributed by atoms with Crippen LogP contribution in [0.25, 0.3) is 10.2 Å². The van der Waals surface area contributed by atoms with Crippen molar-refractivity contribution in [3.8, 4) is 12.3 Å². The van der Waals surface area contributed by atoms with Gasteiger partial charge in [-0.3, -0.25) is 4.79 Å². The Labute approximate surface area is 135 Å². The molecule has 0 saturated carbocycles. The number of hydrogen-bond acceptors (Lipinski definition) is 4. The molecule has 0 radical (unpaired) electrons. The number of unbranched alkanes of at least 4 members (excludes halogenated alkanes) is 1. The lowest BCUT2D eigenvalue weighted by atomic mass is 10.2. The van der Waals surface area contributed by atoms with E-state index in [1.54, 1.807) is 18.2 Å². The van der Waals surface area contributed by atoms with Crippen LogP contribution in [-0.2, 0) is 4.79 Å². The molecule has 0 spiro atoms. The van der Waals surface area contributed by atoms with E-state index in [1.807, 2.05) is 0 Å². The molecule has 0 saturated heterocycles. The van der Waals surface area contributed by atoms with Crippen LogP contribution in [-0.4, -0.2) is 23.1 Å². The van der Waals surface area contributed by atoms with Gasteiger partial charge in [-0.15, -0.1) is 23.7 Å². The summed E-state index contributed by atoms with van der Waals surface area (Å²) in [6.07, 6.45) is 4.39. The second kappa shape index (κ2) is 8.11. The molecule has 2 rings (SSSR count). The van der Waals surface area contributed by atoms with Crippen LogP contribution in [0.4, 0.5) is 14.5 Å². The number of hydrogen-bond donors (Lipinski definition) is 1. The molecule has 1 amide bonds. The van der Waals surface area contributed by atoms with E-state index in [9.17, 15) is 13.6 Å². The minimum Gasteiger partial charge on any atom is -0.326 e. The Morgan fingerprint density at radius 2 is 2.32 bits per heavy atom. The fourth-order valence-corrected chi connectivity index (χ4v) is 3.63. The number of thiazole rings is 1. The van der Waals surface area contributed by atoms with Crippen LogP contribution in [0, 0.1) is 12.3 Å².